The van der Waals surface area contributed by atoms with Crippen LogP contribution in [0, 0.1) is 0 Å². The van der Waals surface area contributed by atoms with E-state index in [1.807, 2.05) is 66.7 Å². The number of nitrogens with zero attached hydrogens (tertiary/aromatic N) is 4. The monoisotopic (exact) mass is 822 g/mol. The summed E-state index contributed by atoms with van der Waals surface area (Å²) in [6.45, 7) is 0.949. The average Bonchev–Trinajstić information content (AvgIpc) is 3.65. The molecule has 1 fully saturated rings. The molecule has 3 aromatic carbocycles. The third-order valence-electron chi connectivity index (χ3n) is 10.1. The number of rotatable bonds is 14. The number of carbonyl (C=O) groups is 2. The Morgan fingerprint density at radius 1 is 0.879 bits per heavy atom. The van der Waals surface area contributed by atoms with E-state index in [0.717, 1.165) is 16.7 Å². The number of nitrogens with one attached hydrogen (secondary N) is 2. The number of aromatic nitrogens is 3. The van der Waals surface area contributed by atoms with Gasteiger partial charge in [0.25, 0.3) is 5.56 Å². The predicted octanol–water partition coefficient (Wildman–Crippen LogP) is 7.47. The highest BCUT2D eigenvalue weighted by Crippen LogP contribution is 2.42. The maximum atomic E-state index is 13.5. The van der Waals surface area contributed by atoms with E-state index in [1.165, 1.54) is 16.4 Å². The number of carbonyl (C=O) groups excluding carboxylic acids is 1. The first-order chi connectivity index (χ1) is 28.1. The minimum absolute atomic E-state index is 0.0208. The molecular weight excluding hydrogens is 783 g/mol. The van der Waals surface area contributed by atoms with Crippen LogP contribution in [0.3, 0.4) is 0 Å². The van der Waals surface area contributed by atoms with Crippen molar-refractivity contribution in [2.24, 2.45) is 0 Å². The molecule has 0 bridgehead atoms. The van der Waals surface area contributed by atoms with Crippen LogP contribution in [0.5, 0.6) is 17.4 Å². The van der Waals surface area contributed by atoms with Gasteiger partial charge in [-0.1, -0.05) is 65.7 Å². The summed E-state index contributed by atoms with van der Waals surface area (Å²) in [6.07, 6.45) is 3.11. The maximum Gasteiger partial charge on any atom is 0.407 e. The molecule has 1 aliphatic heterocycles. The van der Waals surface area contributed by atoms with Gasteiger partial charge in [-0.25, -0.2) is 14.8 Å². The van der Waals surface area contributed by atoms with E-state index in [9.17, 15) is 19.5 Å². The Bertz CT molecular complexity index is 2580. The van der Waals surface area contributed by atoms with Crippen LogP contribution < -0.4 is 30.4 Å². The molecule has 298 valence electrons. The number of hydrogen-bond acceptors (Lipinski definition) is 9. The van der Waals surface area contributed by atoms with Gasteiger partial charge < -0.3 is 34.9 Å². The van der Waals surface area contributed by atoms with Crippen molar-refractivity contribution in [3.63, 3.8) is 0 Å². The molecule has 7 rings (SSSR count). The van der Waals surface area contributed by atoms with Gasteiger partial charge in [0, 0.05) is 83.9 Å². The van der Waals surface area contributed by atoms with Crippen molar-refractivity contribution >= 4 is 40.8 Å². The zero-order valence-electron chi connectivity index (χ0n) is 31.9. The van der Waals surface area contributed by atoms with Gasteiger partial charge in [0.15, 0.2) is 0 Å². The number of fused-ring (bicyclic) bond motifs is 1. The maximum absolute atomic E-state index is 13.5. The van der Waals surface area contributed by atoms with E-state index < -0.39 is 6.09 Å². The molecule has 1 unspecified atom stereocenters. The number of amides is 2. The first-order valence-electron chi connectivity index (χ1n) is 18.4. The number of halogens is 2. The van der Waals surface area contributed by atoms with Crippen molar-refractivity contribution in [3.05, 3.63) is 128 Å². The fourth-order valence-electron chi connectivity index (χ4n) is 7.04. The zero-order chi connectivity index (χ0) is 40.9. The molecule has 1 aliphatic rings. The first kappa shape index (κ1) is 40.1. The van der Waals surface area contributed by atoms with Crippen molar-refractivity contribution in [3.8, 4) is 50.9 Å². The summed E-state index contributed by atoms with van der Waals surface area (Å²) in [4.78, 5) is 47.8. The summed E-state index contributed by atoms with van der Waals surface area (Å²) >= 11 is 14.2. The summed E-state index contributed by atoms with van der Waals surface area (Å²) in [6, 6.07) is 23.7. The Hall–Kier alpha value is -6.15. The van der Waals surface area contributed by atoms with Crippen LogP contribution in [0.25, 0.3) is 39.2 Å². The minimum Gasteiger partial charge on any atom is -0.497 e. The van der Waals surface area contributed by atoms with Crippen molar-refractivity contribution in [2.75, 3.05) is 27.9 Å². The highest BCUT2D eigenvalue weighted by Gasteiger charge is 2.26. The molecule has 0 aliphatic carbocycles. The van der Waals surface area contributed by atoms with Gasteiger partial charge in [0.1, 0.15) is 17.1 Å². The number of ether oxygens (including phenoxy) is 3. The summed E-state index contributed by atoms with van der Waals surface area (Å²) in [5.74, 6) is 1.55. The molecule has 0 radical (unpaired) electrons. The van der Waals surface area contributed by atoms with Crippen molar-refractivity contribution in [1.29, 1.82) is 0 Å². The molecule has 6 aromatic rings. The Balaban J connectivity index is 1.11. The van der Waals surface area contributed by atoms with Crippen molar-refractivity contribution < 1.29 is 28.9 Å². The molecular formula is C43H40Cl2N6O7. The molecule has 2 amide bonds. The van der Waals surface area contributed by atoms with E-state index in [2.05, 4.69) is 15.6 Å². The van der Waals surface area contributed by atoms with Crippen LogP contribution in [-0.2, 0) is 24.4 Å². The lowest BCUT2D eigenvalue weighted by atomic mass is 9.97. The molecule has 13 nitrogen and oxygen atoms in total. The summed E-state index contributed by atoms with van der Waals surface area (Å²) in [5.41, 5.74) is 6.25. The second-order valence-electron chi connectivity index (χ2n) is 13.7. The molecule has 15 heteroatoms. The van der Waals surface area contributed by atoms with Crippen molar-refractivity contribution in [2.45, 2.75) is 38.5 Å². The smallest absolute Gasteiger partial charge is 0.407 e. The fraction of sp³-hybridized carbons (Fsp3) is 0.233. The second-order valence-corrected chi connectivity index (χ2v) is 14.4. The van der Waals surface area contributed by atoms with E-state index >= 15 is 0 Å². The van der Waals surface area contributed by atoms with Crippen LogP contribution in [-0.4, -0.2) is 70.3 Å². The minimum atomic E-state index is -1.11. The SMILES string of the molecule is COc1ccc(CNCc2cnc3cc(-c4cccc(-c5cccc(-c6ccc(CN(CC7CCC(=O)N7)C(=O)O)c(OC)n6)c5Cl)c4Cl)ccn3c2=O)c(OC)c1. The van der Waals surface area contributed by atoms with E-state index in [1.54, 1.807) is 38.7 Å². The lowest BCUT2D eigenvalue weighted by molar-refractivity contribution is -0.119. The quantitative estimate of drug-likeness (QED) is 0.101. The highest BCUT2D eigenvalue weighted by molar-refractivity contribution is 6.39. The Morgan fingerprint density at radius 3 is 2.28 bits per heavy atom. The lowest BCUT2D eigenvalue weighted by Gasteiger charge is -2.23. The summed E-state index contributed by atoms with van der Waals surface area (Å²) in [5, 5.41) is 16.9. The van der Waals surface area contributed by atoms with Gasteiger partial charge in [0.05, 0.1) is 49.2 Å². The average molecular weight is 824 g/mol. The number of benzene rings is 3. The molecule has 0 saturated carbocycles. The van der Waals surface area contributed by atoms with Crippen LogP contribution in [0.15, 0.2) is 96.1 Å². The largest absolute Gasteiger partial charge is 0.497 e. The lowest BCUT2D eigenvalue weighted by Crippen LogP contribution is -2.41. The fourth-order valence-corrected chi connectivity index (χ4v) is 7.71. The standard InChI is InChI=1S/C43H40Cl2N6O7/c1-56-30-13-10-26(36(19-30)57-2)20-46-21-28-22-47-37-18-25(16-17-51(37)42(28)53)31-6-4-7-32(39(31)44)33-8-5-9-34(40(33)45)35-14-11-27(41(49-35)58-3)23-50(43(54)55)24-29-12-15-38(52)48-29/h4-11,13-14,16-19,22,29,46H,12,15,20-21,23-24H2,1-3H3,(H,48,52)(H,54,55). The molecule has 0 spiro atoms. The molecule has 58 heavy (non-hydrogen) atoms. The van der Waals surface area contributed by atoms with Crippen LogP contribution in [0.2, 0.25) is 10.0 Å². The van der Waals surface area contributed by atoms with Gasteiger partial charge in [-0.15, -0.1) is 0 Å². The highest BCUT2D eigenvalue weighted by atomic mass is 35.5. The van der Waals surface area contributed by atoms with Gasteiger partial charge in [0.2, 0.25) is 11.8 Å². The third kappa shape index (κ3) is 8.42. The third-order valence-corrected chi connectivity index (χ3v) is 10.9. The normalized spacial score (nSPS) is 13.7. The predicted molar refractivity (Wildman–Crippen MR) is 222 cm³/mol. The Labute approximate surface area is 344 Å². The van der Waals surface area contributed by atoms with Gasteiger partial charge in [-0.3, -0.25) is 14.0 Å². The summed E-state index contributed by atoms with van der Waals surface area (Å²) < 4.78 is 17.9. The Kier molecular flexibility index (Phi) is 12.1. The van der Waals surface area contributed by atoms with Gasteiger partial charge in [-0.2, -0.15) is 0 Å². The van der Waals surface area contributed by atoms with Crippen LogP contribution >= 0.6 is 23.2 Å². The van der Waals surface area contributed by atoms with Gasteiger partial charge >= 0.3 is 6.09 Å². The van der Waals surface area contributed by atoms with Crippen molar-refractivity contribution in [1.82, 2.24) is 29.9 Å². The molecule has 3 aromatic heterocycles. The second kappa shape index (κ2) is 17.6. The Morgan fingerprint density at radius 2 is 1.59 bits per heavy atom. The number of carboxylic acid groups (broad SMARTS) is 1. The van der Waals surface area contributed by atoms with E-state index in [0.29, 0.717) is 86.6 Å². The molecule has 1 saturated heterocycles. The van der Waals surface area contributed by atoms with E-state index in [-0.39, 0.29) is 36.5 Å². The van der Waals surface area contributed by atoms with Gasteiger partial charge in [-0.05, 0) is 42.3 Å². The first-order valence-corrected chi connectivity index (χ1v) is 19.1. The summed E-state index contributed by atoms with van der Waals surface area (Å²) in [7, 11) is 4.67. The number of pyridine rings is 2. The molecule has 1 atom stereocenters. The molecule has 3 N–H and O–H groups in total. The molecule has 4 heterocycles. The number of methoxy groups -OCH3 is 3. The zero-order valence-corrected chi connectivity index (χ0v) is 33.4. The van der Waals surface area contributed by atoms with E-state index in [4.69, 9.17) is 42.4 Å². The number of hydrogen-bond donors (Lipinski definition) is 3. The van der Waals surface area contributed by atoms with Crippen LogP contribution in [0.1, 0.15) is 29.5 Å². The van der Waals surface area contributed by atoms with Crippen LogP contribution in [0.4, 0.5) is 4.79 Å². The topological polar surface area (TPSA) is 157 Å².